The molecule has 0 unspecified atom stereocenters. The number of nitrogens with two attached hydrogens (primary N) is 1. The van der Waals surface area contributed by atoms with E-state index in [-0.39, 0.29) is 12.4 Å². The average Bonchev–Trinajstić information content (AvgIpc) is 2.33. The van der Waals surface area contributed by atoms with Gasteiger partial charge in [-0.05, 0) is 0 Å². The summed E-state index contributed by atoms with van der Waals surface area (Å²) >= 11 is 4.93. The van der Waals surface area contributed by atoms with Gasteiger partial charge in [-0.3, -0.25) is 0 Å². The van der Waals surface area contributed by atoms with Gasteiger partial charge in [0.25, 0.3) is 0 Å². The molecule has 1 heterocycles. The predicted molar refractivity (Wildman–Crippen MR) is 72.8 cm³/mol. The van der Waals surface area contributed by atoms with Crippen LogP contribution in [0.1, 0.15) is 16.8 Å². The number of aryl methyl sites for hydroxylation is 1. The normalized spacial score (nSPS) is 9.61. The molecule has 2 rings (SSSR count). The topological polar surface area (TPSA) is 29.9 Å². The highest BCUT2D eigenvalue weighted by Crippen LogP contribution is 2.04. The van der Waals surface area contributed by atoms with Crippen molar-refractivity contribution < 1.29 is 17.0 Å². The molecule has 4 heteroatoms. The highest BCUT2D eigenvalue weighted by atomic mass is 35.5. The fourth-order valence-corrected chi connectivity index (χ4v) is 1.85. The lowest BCUT2D eigenvalue weighted by Crippen LogP contribution is -3.00. The van der Waals surface area contributed by atoms with Crippen LogP contribution in [0.3, 0.4) is 0 Å². The van der Waals surface area contributed by atoms with Gasteiger partial charge in [0.2, 0.25) is 0 Å². The van der Waals surface area contributed by atoms with Gasteiger partial charge in [-0.1, -0.05) is 42.5 Å². The molecule has 0 aliphatic rings. The summed E-state index contributed by atoms with van der Waals surface area (Å²) in [5.74, 6) is 0. The summed E-state index contributed by atoms with van der Waals surface area (Å²) in [5, 5.41) is 0. The lowest BCUT2D eigenvalue weighted by atomic mass is 10.1. The second kappa shape index (κ2) is 6.47. The van der Waals surface area contributed by atoms with Crippen molar-refractivity contribution in [1.82, 2.24) is 0 Å². The van der Waals surface area contributed by atoms with Gasteiger partial charge in [-0.2, -0.15) is 4.57 Å². The molecule has 0 radical (unpaired) electrons. The number of hydrogen-bond donors (Lipinski definition) is 1. The molecule has 0 amide bonds. The van der Waals surface area contributed by atoms with Crippen molar-refractivity contribution in [3.8, 4) is 0 Å². The van der Waals surface area contributed by atoms with E-state index < -0.39 is 0 Å². The van der Waals surface area contributed by atoms with E-state index in [0.29, 0.717) is 4.99 Å². The Morgan fingerprint density at radius 1 is 1.17 bits per heavy atom. The van der Waals surface area contributed by atoms with Gasteiger partial charge in [0, 0.05) is 30.2 Å². The molecule has 18 heavy (non-hydrogen) atoms. The summed E-state index contributed by atoms with van der Waals surface area (Å²) in [7, 11) is 0. The maximum atomic E-state index is 5.57. The highest BCUT2D eigenvalue weighted by Gasteiger charge is 2.05. The van der Waals surface area contributed by atoms with E-state index in [1.807, 2.05) is 24.3 Å². The highest BCUT2D eigenvalue weighted by molar-refractivity contribution is 7.80. The van der Waals surface area contributed by atoms with Crippen LogP contribution in [0.25, 0.3) is 0 Å². The minimum atomic E-state index is 0. The number of halogens is 1. The quantitative estimate of drug-likeness (QED) is 0.575. The molecule has 0 fully saturated rings. The number of thiocarbonyl (C=S) groups is 1. The van der Waals surface area contributed by atoms with Gasteiger partial charge in [-0.15, -0.1) is 0 Å². The fourth-order valence-electron chi connectivity index (χ4n) is 1.71. The van der Waals surface area contributed by atoms with Crippen molar-refractivity contribution >= 4 is 17.2 Å². The van der Waals surface area contributed by atoms with Crippen molar-refractivity contribution in [2.75, 3.05) is 0 Å². The molecule has 0 saturated heterocycles. The molecular formula is C14H15ClN2S. The standard InChI is InChI=1S/C14H14N2S.ClH/c1-11-4-2-3-9-16(11)10-12-5-7-13(8-6-12)14(15)17;/h2-9H,10H2,1H3,(H-,15,17);1H. The second-order valence-electron chi connectivity index (χ2n) is 4.03. The number of nitrogens with zero attached hydrogens (tertiary/aromatic N) is 1. The van der Waals surface area contributed by atoms with Crippen LogP contribution in [-0.2, 0) is 6.54 Å². The largest absolute Gasteiger partial charge is 1.00 e. The van der Waals surface area contributed by atoms with Gasteiger partial charge in [0.1, 0.15) is 4.99 Å². The Labute approximate surface area is 119 Å². The first kappa shape index (κ1) is 14.6. The second-order valence-corrected chi connectivity index (χ2v) is 4.47. The Kier molecular flexibility index (Phi) is 5.25. The van der Waals surface area contributed by atoms with Crippen molar-refractivity contribution in [3.63, 3.8) is 0 Å². The SMILES string of the molecule is Cc1cccc[n+]1Cc1ccc(C(N)=S)cc1.[Cl-]. The zero-order valence-electron chi connectivity index (χ0n) is 10.1. The maximum Gasteiger partial charge on any atom is 0.178 e. The van der Waals surface area contributed by atoms with Crippen molar-refractivity contribution in [3.05, 3.63) is 65.5 Å². The summed E-state index contributed by atoms with van der Waals surface area (Å²) < 4.78 is 2.20. The molecule has 0 bridgehead atoms. The lowest BCUT2D eigenvalue weighted by Gasteiger charge is -2.02. The van der Waals surface area contributed by atoms with E-state index in [0.717, 1.165) is 12.1 Å². The zero-order valence-corrected chi connectivity index (χ0v) is 11.7. The third-order valence-corrected chi connectivity index (χ3v) is 2.99. The number of pyridine rings is 1. The number of hydrogen-bond acceptors (Lipinski definition) is 1. The van der Waals surface area contributed by atoms with Crippen LogP contribution in [0.4, 0.5) is 0 Å². The van der Waals surface area contributed by atoms with Crippen molar-refractivity contribution in [2.45, 2.75) is 13.5 Å². The first-order valence-corrected chi connectivity index (χ1v) is 5.91. The van der Waals surface area contributed by atoms with Gasteiger partial charge in [0.05, 0.1) is 0 Å². The fraction of sp³-hybridized carbons (Fsp3) is 0.143. The molecule has 94 valence electrons. The van der Waals surface area contributed by atoms with E-state index in [1.165, 1.54) is 11.3 Å². The smallest absolute Gasteiger partial charge is 0.178 e. The number of aromatic nitrogens is 1. The molecule has 0 saturated carbocycles. The molecule has 1 aromatic carbocycles. The van der Waals surface area contributed by atoms with E-state index >= 15 is 0 Å². The van der Waals surface area contributed by atoms with Gasteiger partial charge >= 0.3 is 0 Å². The van der Waals surface area contributed by atoms with Crippen LogP contribution in [0.2, 0.25) is 0 Å². The first-order chi connectivity index (χ1) is 8.16. The predicted octanol–water partition coefficient (Wildman–Crippen LogP) is -1.03. The molecule has 0 spiro atoms. The van der Waals surface area contributed by atoms with Crippen LogP contribution < -0.4 is 22.7 Å². The van der Waals surface area contributed by atoms with E-state index in [1.54, 1.807) is 0 Å². The van der Waals surface area contributed by atoms with Crippen molar-refractivity contribution in [2.24, 2.45) is 5.73 Å². The first-order valence-electron chi connectivity index (χ1n) is 5.50. The van der Waals surface area contributed by atoms with E-state index in [2.05, 4.69) is 35.9 Å². The maximum absolute atomic E-state index is 5.57. The minimum absolute atomic E-state index is 0. The third-order valence-electron chi connectivity index (χ3n) is 2.76. The van der Waals surface area contributed by atoms with Crippen LogP contribution >= 0.6 is 12.2 Å². The van der Waals surface area contributed by atoms with E-state index in [9.17, 15) is 0 Å². The Bertz CT molecular complexity index is 538. The molecule has 2 N–H and O–H groups in total. The Morgan fingerprint density at radius 3 is 2.39 bits per heavy atom. The number of rotatable bonds is 3. The Balaban J connectivity index is 0.00000162. The van der Waals surface area contributed by atoms with Gasteiger partial charge < -0.3 is 18.1 Å². The van der Waals surface area contributed by atoms with Crippen LogP contribution in [0.5, 0.6) is 0 Å². The molecule has 0 aliphatic carbocycles. The molecule has 0 atom stereocenters. The van der Waals surface area contributed by atoms with Gasteiger partial charge in [0.15, 0.2) is 18.4 Å². The molecule has 2 nitrogen and oxygen atoms in total. The van der Waals surface area contributed by atoms with Crippen LogP contribution in [0, 0.1) is 6.92 Å². The molecule has 1 aromatic heterocycles. The number of benzene rings is 1. The zero-order chi connectivity index (χ0) is 12.3. The van der Waals surface area contributed by atoms with E-state index in [4.69, 9.17) is 18.0 Å². The monoisotopic (exact) mass is 278 g/mol. The average molecular weight is 279 g/mol. The summed E-state index contributed by atoms with van der Waals surface area (Å²) in [6.45, 7) is 2.97. The van der Waals surface area contributed by atoms with Crippen molar-refractivity contribution in [1.29, 1.82) is 0 Å². The summed E-state index contributed by atoms with van der Waals surface area (Å²) in [6.07, 6.45) is 2.08. The summed E-state index contributed by atoms with van der Waals surface area (Å²) in [6, 6.07) is 14.2. The minimum Gasteiger partial charge on any atom is -1.00 e. The molecule has 2 aromatic rings. The van der Waals surface area contributed by atoms with Crippen LogP contribution in [-0.4, -0.2) is 4.99 Å². The van der Waals surface area contributed by atoms with Crippen LogP contribution in [0.15, 0.2) is 48.7 Å². The molecular weight excluding hydrogens is 264 g/mol. The lowest BCUT2D eigenvalue weighted by molar-refractivity contribution is -0.694. The molecule has 0 aliphatic heterocycles. The third kappa shape index (κ3) is 3.52. The van der Waals surface area contributed by atoms with Gasteiger partial charge in [-0.25, -0.2) is 0 Å². The Hall–Kier alpha value is -1.45. The summed E-state index contributed by atoms with van der Waals surface area (Å²) in [4.78, 5) is 0.445. The Morgan fingerprint density at radius 2 is 1.83 bits per heavy atom. The summed E-state index contributed by atoms with van der Waals surface area (Å²) in [5.41, 5.74) is 8.96.